The van der Waals surface area contributed by atoms with E-state index in [2.05, 4.69) is 45.0 Å². The lowest BCUT2D eigenvalue weighted by atomic mass is 9.70. The average molecular weight is 403 g/mol. The fourth-order valence-corrected chi connectivity index (χ4v) is 8.29. The Bertz CT molecular complexity index is 861. The topological polar surface area (TPSA) is 34.1 Å². The number of hydrogen-bond donors (Lipinski definition) is 0. The van der Waals surface area contributed by atoms with E-state index in [1.165, 1.54) is 4.90 Å². The van der Waals surface area contributed by atoms with Crippen LogP contribution in [-0.2, 0) is 9.84 Å². The first-order valence-corrected chi connectivity index (χ1v) is 12.5. The van der Waals surface area contributed by atoms with Gasteiger partial charge >= 0.3 is 0 Å². The SMILES string of the molecule is CCCCC1(CC)CS(=O)(=O)c2ccccc2C(Sc2ccccc2)C1C. The molecule has 3 unspecified atom stereocenters. The molecule has 0 bridgehead atoms. The molecule has 0 fully saturated rings. The second kappa shape index (κ2) is 8.40. The van der Waals surface area contributed by atoms with Crippen molar-refractivity contribution in [3.63, 3.8) is 0 Å². The number of unbranched alkanes of at least 4 members (excludes halogenated alkanes) is 1. The summed E-state index contributed by atoms with van der Waals surface area (Å²) >= 11 is 1.82. The van der Waals surface area contributed by atoms with E-state index in [4.69, 9.17) is 0 Å². The first-order valence-electron chi connectivity index (χ1n) is 9.97. The molecular weight excluding hydrogens is 372 g/mol. The molecule has 0 radical (unpaired) electrons. The quantitative estimate of drug-likeness (QED) is 0.551. The Morgan fingerprint density at radius 2 is 1.70 bits per heavy atom. The van der Waals surface area contributed by atoms with Gasteiger partial charge in [-0.05, 0) is 47.9 Å². The number of rotatable bonds is 6. The van der Waals surface area contributed by atoms with Crippen molar-refractivity contribution in [1.29, 1.82) is 0 Å². The second-order valence-electron chi connectivity index (χ2n) is 7.76. The van der Waals surface area contributed by atoms with Crippen LogP contribution in [0.25, 0.3) is 0 Å². The molecule has 3 atom stereocenters. The number of hydrogen-bond acceptors (Lipinski definition) is 3. The summed E-state index contributed by atoms with van der Waals surface area (Å²) in [5, 5.41) is 0.137. The van der Waals surface area contributed by atoms with E-state index in [-0.39, 0.29) is 22.3 Å². The van der Waals surface area contributed by atoms with Gasteiger partial charge in [0.2, 0.25) is 0 Å². The minimum Gasteiger partial charge on any atom is -0.224 e. The summed E-state index contributed by atoms with van der Waals surface area (Å²) in [6.45, 7) is 6.63. The molecule has 0 aliphatic carbocycles. The van der Waals surface area contributed by atoms with E-state index in [0.717, 1.165) is 31.2 Å². The van der Waals surface area contributed by atoms with Crippen molar-refractivity contribution < 1.29 is 8.42 Å². The van der Waals surface area contributed by atoms with Gasteiger partial charge in [-0.25, -0.2) is 8.42 Å². The Kier molecular flexibility index (Phi) is 6.37. The lowest BCUT2D eigenvalue weighted by Crippen LogP contribution is -2.36. The summed E-state index contributed by atoms with van der Waals surface area (Å²) < 4.78 is 26.7. The van der Waals surface area contributed by atoms with Crippen LogP contribution < -0.4 is 0 Å². The molecule has 2 nitrogen and oxygen atoms in total. The minimum atomic E-state index is -3.30. The van der Waals surface area contributed by atoms with E-state index in [9.17, 15) is 8.42 Å². The number of fused-ring (bicyclic) bond motifs is 1. The molecule has 1 aliphatic heterocycles. The third-order valence-corrected chi connectivity index (χ3v) is 9.65. The van der Waals surface area contributed by atoms with Crippen molar-refractivity contribution in [1.82, 2.24) is 0 Å². The molecule has 4 heteroatoms. The van der Waals surface area contributed by atoms with Crippen LogP contribution in [-0.4, -0.2) is 14.2 Å². The van der Waals surface area contributed by atoms with Crippen LogP contribution in [0.5, 0.6) is 0 Å². The maximum absolute atomic E-state index is 13.4. The third-order valence-electron chi connectivity index (χ3n) is 6.20. The molecule has 27 heavy (non-hydrogen) atoms. The molecule has 0 saturated heterocycles. The standard InChI is InChI=1S/C23H30O2S2/c1-4-6-16-23(5-2)17-27(24,25)21-15-11-10-14-20(21)22(18(23)3)26-19-12-8-7-9-13-19/h7-15,18,22H,4-6,16-17H2,1-3H3. The van der Waals surface area contributed by atoms with E-state index in [1.807, 2.05) is 42.1 Å². The van der Waals surface area contributed by atoms with E-state index in [1.54, 1.807) is 0 Å². The lowest BCUT2D eigenvalue weighted by molar-refractivity contribution is 0.172. The van der Waals surface area contributed by atoms with Crippen LogP contribution in [0.4, 0.5) is 0 Å². The summed E-state index contributed by atoms with van der Waals surface area (Å²) in [6.07, 6.45) is 4.04. The highest BCUT2D eigenvalue weighted by molar-refractivity contribution is 7.99. The van der Waals surface area contributed by atoms with Crippen molar-refractivity contribution in [3.05, 3.63) is 60.2 Å². The Morgan fingerprint density at radius 1 is 1.04 bits per heavy atom. The highest BCUT2D eigenvalue weighted by atomic mass is 32.2. The highest BCUT2D eigenvalue weighted by Gasteiger charge is 2.47. The van der Waals surface area contributed by atoms with Crippen molar-refractivity contribution >= 4 is 21.6 Å². The Morgan fingerprint density at radius 3 is 2.37 bits per heavy atom. The fourth-order valence-electron chi connectivity index (χ4n) is 4.42. The van der Waals surface area contributed by atoms with Crippen LogP contribution in [0.2, 0.25) is 0 Å². The second-order valence-corrected chi connectivity index (χ2v) is 10.9. The largest absolute Gasteiger partial charge is 0.224 e. The van der Waals surface area contributed by atoms with Gasteiger partial charge in [0.25, 0.3) is 0 Å². The van der Waals surface area contributed by atoms with Crippen LogP contribution in [0.3, 0.4) is 0 Å². The molecule has 1 aliphatic rings. The summed E-state index contributed by atoms with van der Waals surface area (Å²) in [6, 6.07) is 18.0. The van der Waals surface area contributed by atoms with Gasteiger partial charge in [-0.2, -0.15) is 0 Å². The third kappa shape index (κ3) is 4.12. The maximum atomic E-state index is 13.4. The minimum absolute atomic E-state index is 0.137. The maximum Gasteiger partial charge on any atom is 0.179 e. The Balaban J connectivity index is 2.14. The fraction of sp³-hybridized carbons (Fsp3) is 0.478. The molecule has 2 aromatic carbocycles. The first kappa shape index (κ1) is 20.5. The monoisotopic (exact) mass is 402 g/mol. The molecule has 0 N–H and O–H groups in total. The Labute approximate surface area is 168 Å². The normalized spacial score (nSPS) is 26.9. The van der Waals surface area contributed by atoms with Gasteiger partial charge in [-0.15, -0.1) is 11.8 Å². The summed E-state index contributed by atoms with van der Waals surface area (Å²) in [5.41, 5.74) is 0.797. The lowest BCUT2D eigenvalue weighted by Gasteiger charge is -2.40. The van der Waals surface area contributed by atoms with Gasteiger partial charge in [-0.1, -0.05) is 70.0 Å². The van der Waals surface area contributed by atoms with Gasteiger partial charge in [0.05, 0.1) is 10.6 Å². The van der Waals surface area contributed by atoms with Crippen LogP contribution in [0.1, 0.15) is 57.3 Å². The molecule has 1 heterocycles. The molecule has 146 valence electrons. The summed E-state index contributed by atoms with van der Waals surface area (Å²) in [7, 11) is -3.30. The van der Waals surface area contributed by atoms with Crippen LogP contribution >= 0.6 is 11.8 Å². The van der Waals surface area contributed by atoms with Gasteiger partial charge < -0.3 is 0 Å². The van der Waals surface area contributed by atoms with Crippen LogP contribution in [0.15, 0.2) is 64.4 Å². The zero-order valence-corrected chi connectivity index (χ0v) is 18.2. The van der Waals surface area contributed by atoms with Gasteiger partial charge in [0.15, 0.2) is 9.84 Å². The number of sulfone groups is 1. The number of thioether (sulfide) groups is 1. The molecule has 0 saturated carbocycles. The predicted octanol–water partition coefficient (Wildman–Crippen LogP) is 6.53. The highest BCUT2D eigenvalue weighted by Crippen LogP contribution is 2.55. The van der Waals surface area contributed by atoms with Crippen LogP contribution in [0, 0.1) is 11.3 Å². The van der Waals surface area contributed by atoms with E-state index >= 15 is 0 Å². The smallest absolute Gasteiger partial charge is 0.179 e. The Hall–Kier alpha value is -1.26. The average Bonchev–Trinajstić information content (AvgIpc) is 2.75. The molecule has 0 spiro atoms. The molecular formula is C23H30O2S2. The predicted molar refractivity (Wildman–Crippen MR) is 115 cm³/mol. The van der Waals surface area contributed by atoms with Crippen molar-refractivity contribution in [2.45, 2.75) is 61.5 Å². The zero-order valence-electron chi connectivity index (χ0n) is 16.5. The van der Waals surface area contributed by atoms with Crippen molar-refractivity contribution in [3.8, 4) is 0 Å². The molecule has 0 amide bonds. The van der Waals surface area contributed by atoms with Crippen molar-refractivity contribution in [2.24, 2.45) is 11.3 Å². The first-order chi connectivity index (χ1) is 12.9. The van der Waals surface area contributed by atoms with E-state index < -0.39 is 9.84 Å². The summed E-state index contributed by atoms with van der Waals surface area (Å²) in [5.74, 6) is 0.540. The number of benzene rings is 2. The van der Waals surface area contributed by atoms with Gasteiger partial charge in [0.1, 0.15) is 0 Å². The molecule has 2 aromatic rings. The zero-order chi connectivity index (χ0) is 19.5. The van der Waals surface area contributed by atoms with Crippen molar-refractivity contribution in [2.75, 3.05) is 5.75 Å². The molecule has 3 rings (SSSR count). The van der Waals surface area contributed by atoms with Gasteiger partial charge in [-0.3, -0.25) is 0 Å². The van der Waals surface area contributed by atoms with Gasteiger partial charge in [0, 0.05) is 10.1 Å². The molecule has 0 aromatic heterocycles. The summed E-state index contributed by atoms with van der Waals surface area (Å²) in [4.78, 5) is 1.74. The van der Waals surface area contributed by atoms with E-state index in [0.29, 0.717) is 4.90 Å².